The maximum absolute atomic E-state index is 6.34. The lowest BCUT2D eigenvalue weighted by molar-refractivity contribution is 0.669. The predicted molar refractivity (Wildman–Crippen MR) is 285 cm³/mol. The Balaban J connectivity index is 1.06. The Morgan fingerprint density at radius 1 is 0.319 bits per heavy atom. The van der Waals surface area contributed by atoms with Crippen LogP contribution in [0.4, 0.5) is 0 Å². The second-order valence-electron chi connectivity index (χ2n) is 17.5. The summed E-state index contributed by atoms with van der Waals surface area (Å²) in [5, 5.41) is 2.00. The van der Waals surface area contributed by atoms with Crippen LogP contribution in [0.1, 0.15) is 24.0 Å². The quantitative estimate of drug-likeness (QED) is 0.137. The molecule has 0 N–H and O–H groups in total. The van der Waals surface area contributed by atoms with Crippen molar-refractivity contribution in [2.45, 2.75) is 12.8 Å². The summed E-state index contributed by atoms with van der Waals surface area (Å²) >= 11 is 0. The van der Waals surface area contributed by atoms with E-state index in [1.807, 2.05) is 36.4 Å². The predicted octanol–water partition coefficient (Wildman–Crippen LogP) is 17.3. The molecule has 0 aliphatic carbocycles. The molecule has 12 aromatic rings. The van der Waals surface area contributed by atoms with E-state index in [9.17, 15) is 0 Å². The number of fused-ring (bicyclic) bond motifs is 3. The minimum Gasteiger partial charge on any atom is -0.456 e. The molecule has 326 valence electrons. The second kappa shape index (κ2) is 18.0. The summed E-state index contributed by atoms with van der Waals surface area (Å²) in [5.74, 6) is 1.82. The van der Waals surface area contributed by atoms with Crippen LogP contribution in [-0.2, 0) is 0 Å². The van der Waals surface area contributed by atoms with Gasteiger partial charge in [0.1, 0.15) is 11.2 Å². The Kier molecular flexibility index (Phi) is 10.8. The monoisotopic (exact) mass is 883 g/mol. The van der Waals surface area contributed by atoms with Crippen LogP contribution >= 0.6 is 0 Å². The maximum Gasteiger partial charge on any atom is 0.164 e. The molecule has 0 radical (unpaired) electrons. The zero-order valence-corrected chi connectivity index (χ0v) is 38.0. The third kappa shape index (κ3) is 7.88. The van der Waals surface area contributed by atoms with Crippen LogP contribution in [-0.4, -0.2) is 15.0 Å². The molecule has 0 aliphatic rings. The zero-order chi connectivity index (χ0) is 46.1. The van der Waals surface area contributed by atoms with Crippen molar-refractivity contribution in [1.82, 2.24) is 15.0 Å². The normalized spacial score (nSPS) is 11.8. The SMILES string of the molecule is CC(c1ccccc1)c1c(-c2ccc(-c3nc(-c4ccc(-c5ccccc5)cc4)nc(-c4cccc5oc6ccccc6c45)n3)cc2)cc(-c2ccccc2)c(-c2ccccc2)c1-c1ccccc1. The Morgan fingerprint density at radius 3 is 1.36 bits per heavy atom. The van der Waals surface area contributed by atoms with Crippen LogP contribution in [0.5, 0.6) is 0 Å². The molecule has 2 aromatic heterocycles. The van der Waals surface area contributed by atoms with Gasteiger partial charge < -0.3 is 4.42 Å². The van der Waals surface area contributed by atoms with Crippen molar-refractivity contribution in [3.05, 3.63) is 260 Å². The molecule has 0 saturated heterocycles. The summed E-state index contributed by atoms with van der Waals surface area (Å²) in [5.41, 5.74) is 18.5. The van der Waals surface area contributed by atoms with Crippen molar-refractivity contribution in [2.75, 3.05) is 0 Å². The van der Waals surface area contributed by atoms with E-state index in [-0.39, 0.29) is 5.92 Å². The summed E-state index contributed by atoms with van der Waals surface area (Å²) in [4.78, 5) is 15.7. The molecule has 12 rings (SSSR count). The number of furan rings is 1. The molecule has 0 bridgehead atoms. The second-order valence-corrected chi connectivity index (χ2v) is 17.5. The molecular weight excluding hydrogens is 839 g/mol. The maximum atomic E-state index is 6.34. The molecule has 1 atom stereocenters. The molecule has 4 nitrogen and oxygen atoms in total. The van der Waals surface area contributed by atoms with Gasteiger partial charge in [-0.15, -0.1) is 0 Å². The Morgan fingerprint density at radius 2 is 0.754 bits per heavy atom. The van der Waals surface area contributed by atoms with Crippen LogP contribution < -0.4 is 0 Å². The lowest BCUT2D eigenvalue weighted by Crippen LogP contribution is -2.05. The standard InChI is InChI=1S/C65H45N3O/c1-43(44-20-7-2-8-21-44)59-55(42-56(47-24-11-4-12-25-47)60(49-26-13-5-14-27-49)61(59)50-28-15-6-16-29-50)48-36-40-52(41-37-48)64-66-63(51-38-34-46(35-39-51)45-22-9-3-10-23-45)67-65(68-64)54-31-19-33-58-62(54)53-30-17-18-32-57(53)69-58/h2-43H,1H3. The lowest BCUT2D eigenvalue weighted by Gasteiger charge is -2.27. The minimum atomic E-state index is 0.0482. The summed E-state index contributed by atoms with van der Waals surface area (Å²) in [6.07, 6.45) is 0. The average Bonchev–Trinajstić information content (AvgIpc) is 3.83. The van der Waals surface area contributed by atoms with Crippen molar-refractivity contribution in [1.29, 1.82) is 0 Å². The van der Waals surface area contributed by atoms with Crippen LogP contribution in [0.2, 0.25) is 0 Å². The van der Waals surface area contributed by atoms with Gasteiger partial charge in [-0.25, -0.2) is 15.0 Å². The summed E-state index contributed by atoms with van der Waals surface area (Å²) < 4.78 is 6.34. The first kappa shape index (κ1) is 41.4. The number of nitrogens with zero attached hydrogens (tertiary/aromatic N) is 3. The van der Waals surface area contributed by atoms with E-state index in [0.717, 1.165) is 60.9 Å². The van der Waals surface area contributed by atoms with E-state index >= 15 is 0 Å². The first-order valence-electron chi connectivity index (χ1n) is 23.5. The van der Waals surface area contributed by atoms with Gasteiger partial charge >= 0.3 is 0 Å². The zero-order valence-electron chi connectivity index (χ0n) is 38.0. The van der Waals surface area contributed by atoms with Gasteiger partial charge in [-0.05, 0) is 85.0 Å². The molecule has 10 aromatic carbocycles. The molecule has 0 aliphatic heterocycles. The van der Waals surface area contributed by atoms with Gasteiger partial charge in [-0.1, -0.05) is 237 Å². The fraction of sp³-hybridized carbons (Fsp3) is 0.0308. The van der Waals surface area contributed by atoms with Crippen LogP contribution in [0.3, 0.4) is 0 Å². The Hall–Kier alpha value is -8.99. The van der Waals surface area contributed by atoms with Crippen molar-refractivity contribution in [3.8, 4) is 89.8 Å². The smallest absolute Gasteiger partial charge is 0.164 e. The first-order valence-corrected chi connectivity index (χ1v) is 23.5. The van der Waals surface area contributed by atoms with Crippen molar-refractivity contribution in [3.63, 3.8) is 0 Å². The molecule has 4 heteroatoms. The van der Waals surface area contributed by atoms with Gasteiger partial charge in [-0.2, -0.15) is 0 Å². The third-order valence-electron chi connectivity index (χ3n) is 13.3. The van der Waals surface area contributed by atoms with E-state index in [4.69, 9.17) is 19.4 Å². The highest BCUT2D eigenvalue weighted by atomic mass is 16.3. The summed E-state index contributed by atoms with van der Waals surface area (Å²) in [7, 11) is 0. The molecular formula is C65H45N3O. The largest absolute Gasteiger partial charge is 0.456 e. The first-order chi connectivity index (χ1) is 34.1. The highest BCUT2D eigenvalue weighted by molar-refractivity contribution is 6.12. The molecule has 0 amide bonds. The van der Waals surface area contributed by atoms with Crippen molar-refractivity contribution < 1.29 is 4.42 Å². The highest BCUT2D eigenvalue weighted by Gasteiger charge is 2.27. The fourth-order valence-electron chi connectivity index (χ4n) is 9.91. The molecule has 0 spiro atoms. The summed E-state index contributed by atoms with van der Waals surface area (Å²) in [6, 6.07) is 87.8. The lowest BCUT2D eigenvalue weighted by atomic mass is 9.76. The molecule has 2 heterocycles. The number of hydrogen-bond donors (Lipinski definition) is 0. The van der Waals surface area contributed by atoms with E-state index in [1.54, 1.807) is 0 Å². The van der Waals surface area contributed by atoms with Crippen molar-refractivity contribution in [2.24, 2.45) is 0 Å². The van der Waals surface area contributed by atoms with E-state index in [0.29, 0.717) is 17.5 Å². The molecule has 0 fully saturated rings. The average molecular weight is 884 g/mol. The highest BCUT2D eigenvalue weighted by Crippen LogP contribution is 2.50. The summed E-state index contributed by atoms with van der Waals surface area (Å²) in [6.45, 7) is 2.34. The Bertz CT molecular complexity index is 3740. The topological polar surface area (TPSA) is 51.8 Å². The van der Waals surface area contributed by atoms with E-state index in [1.165, 1.54) is 44.5 Å². The van der Waals surface area contributed by atoms with E-state index in [2.05, 4.69) is 219 Å². The van der Waals surface area contributed by atoms with Gasteiger partial charge in [0.25, 0.3) is 0 Å². The van der Waals surface area contributed by atoms with Crippen LogP contribution in [0.15, 0.2) is 253 Å². The van der Waals surface area contributed by atoms with Gasteiger partial charge in [0, 0.05) is 33.4 Å². The van der Waals surface area contributed by atoms with Crippen molar-refractivity contribution >= 4 is 21.9 Å². The minimum absolute atomic E-state index is 0.0482. The number of para-hydroxylation sites is 1. The van der Waals surface area contributed by atoms with E-state index < -0.39 is 0 Å². The van der Waals surface area contributed by atoms with Crippen LogP contribution in [0.25, 0.3) is 112 Å². The number of hydrogen-bond acceptors (Lipinski definition) is 4. The number of aromatic nitrogens is 3. The molecule has 0 saturated carbocycles. The molecule has 1 unspecified atom stereocenters. The van der Waals surface area contributed by atoms with Gasteiger partial charge in [0.05, 0.1) is 0 Å². The van der Waals surface area contributed by atoms with Gasteiger partial charge in [0.15, 0.2) is 17.5 Å². The fourth-order valence-corrected chi connectivity index (χ4v) is 9.91. The third-order valence-corrected chi connectivity index (χ3v) is 13.3. The number of benzene rings is 10. The van der Waals surface area contributed by atoms with Crippen LogP contribution in [0, 0.1) is 0 Å². The van der Waals surface area contributed by atoms with Gasteiger partial charge in [0.2, 0.25) is 0 Å². The molecule has 69 heavy (non-hydrogen) atoms. The number of rotatable bonds is 10. The van der Waals surface area contributed by atoms with Gasteiger partial charge in [-0.3, -0.25) is 0 Å². The Labute approximate surface area is 401 Å².